The van der Waals surface area contributed by atoms with E-state index >= 15 is 0 Å². The fourth-order valence-electron chi connectivity index (χ4n) is 7.75. The van der Waals surface area contributed by atoms with Crippen molar-refractivity contribution in [2.45, 2.75) is 36.7 Å². The number of likely N-dealkylation sites (tertiary alicyclic amines) is 1. The summed E-state index contributed by atoms with van der Waals surface area (Å²) in [6.45, 7) is 1.07. The van der Waals surface area contributed by atoms with Crippen molar-refractivity contribution in [1.82, 2.24) is 4.90 Å². The summed E-state index contributed by atoms with van der Waals surface area (Å²) in [6.07, 6.45) is 2.30. The van der Waals surface area contributed by atoms with Crippen LogP contribution in [0.25, 0.3) is 0 Å². The van der Waals surface area contributed by atoms with E-state index in [0.29, 0.717) is 38.1 Å². The van der Waals surface area contributed by atoms with Crippen LogP contribution in [0.2, 0.25) is 0 Å². The lowest BCUT2D eigenvalue weighted by molar-refractivity contribution is -0.130. The van der Waals surface area contributed by atoms with Crippen molar-refractivity contribution in [1.29, 1.82) is 0 Å². The number of methoxy groups -OCH3 is 2. The second kappa shape index (κ2) is 11.7. The van der Waals surface area contributed by atoms with E-state index in [2.05, 4.69) is 60.7 Å². The molecule has 0 radical (unpaired) electrons. The minimum absolute atomic E-state index is 0.00109. The summed E-state index contributed by atoms with van der Waals surface area (Å²) in [4.78, 5) is 15.9. The molecule has 1 aliphatic heterocycles. The number of ether oxygens (including phenoxy) is 2. The SMILES string of the molecule is COc1ccccc1CCC(=O)N1CC2C(C1)C(c1ccccc1)(c1ccccc1)CCC2(O)c1ccccc1OC. The van der Waals surface area contributed by atoms with Crippen LogP contribution in [0.5, 0.6) is 11.5 Å². The second-order valence-electron chi connectivity index (χ2n) is 11.7. The van der Waals surface area contributed by atoms with Crippen LogP contribution in [-0.4, -0.2) is 43.2 Å². The molecule has 42 heavy (non-hydrogen) atoms. The molecular weight excluding hydrogens is 522 g/mol. The molecule has 4 aromatic rings. The van der Waals surface area contributed by atoms with Crippen molar-refractivity contribution in [2.75, 3.05) is 27.3 Å². The summed E-state index contributed by atoms with van der Waals surface area (Å²) >= 11 is 0. The molecule has 0 bridgehead atoms. The van der Waals surface area contributed by atoms with Crippen LogP contribution in [0.4, 0.5) is 0 Å². The number of para-hydroxylation sites is 2. The van der Waals surface area contributed by atoms with Crippen molar-refractivity contribution < 1.29 is 19.4 Å². The van der Waals surface area contributed by atoms with Crippen LogP contribution < -0.4 is 9.47 Å². The number of hydrogen-bond donors (Lipinski definition) is 1. The third-order valence-corrected chi connectivity index (χ3v) is 9.77. The minimum atomic E-state index is -1.14. The Morgan fingerprint density at radius 1 is 0.738 bits per heavy atom. The molecule has 0 aromatic heterocycles. The van der Waals surface area contributed by atoms with Gasteiger partial charge in [-0.1, -0.05) is 97.1 Å². The van der Waals surface area contributed by atoms with Crippen molar-refractivity contribution in [3.8, 4) is 11.5 Å². The zero-order valence-electron chi connectivity index (χ0n) is 24.4. The molecule has 2 fully saturated rings. The van der Waals surface area contributed by atoms with Gasteiger partial charge in [-0.2, -0.15) is 0 Å². The quantitative estimate of drug-likeness (QED) is 0.271. The van der Waals surface area contributed by atoms with E-state index in [0.717, 1.165) is 23.3 Å². The highest BCUT2D eigenvalue weighted by Gasteiger charge is 2.61. The fourth-order valence-corrected chi connectivity index (χ4v) is 7.75. The monoisotopic (exact) mass is 561 g/mol. The number of fused-ring (bicyclic) bond motifs is 1. The van der Waals surface area contributed by atoms with Gasteiger partial charge in [0.05, 0.1) is 19.8 Å². The molecule has 0 spiro atoms. The molecule has 4 aromatic carbocycles. The lowest BCUT2D eigenvalue weighted by Crippen LogP contribution is -2.53. The highest BCUT2D eigenvalue weighted by Crippen LogP contribution is 2.60. The van der Waals surface area contributed by atoms with Gasteiger partial charge in [-0.15, -0.1) is 0 Å². The summed E-state index contributed by atoms with van der Waals surface area (Å²) in [7, 11) is 3.32. The highest BCUT2D eigenvalue weighted by molar-refractivity contribution is 5.77. The molecule has 1 saturated carbocycles. The molecule has 6 rings (SSSR count). The molecule has 1 amide bonds. The molecule has 3 unspecified atom stereocenters. The Balaban J connectivity index is 1.41. The molecular formula is C37H39NO4. The maximum Gasteiger partial charge on any atom is 0.222 e. The third-order valence-electron chi connectivity index (χ3n) is 9.77. The van der Waals surface area contributed by atoms with Crippen LogP contribution in [0.15, 0.2) is 109 Å². The summed E-state index contributed by atoms with van der Waals surface area (Å²) in [5, 5.41) is 12.7. The molecule has 1 aliphatic carbocycles. The van der Waals surface area contributed by atoms with E-state index in [-0.39, 0.29) is 23.2 Å². The molecule has 5 heteroatoms. The van der Waals surface area contributed by atoms with E-state index < -0.39 is 5.60 Å². The van der Waals surface area contributed by atoms with Crippen molar-refractivity contribution in [2.24, 2.45) is 11.8 Å². The Hall–Kier alpha value is -4.09. The number of hydrogen-bond acceptors (Lipinski definition) is 4. The van der Waals surface area contributed by atoms with Crippen LogP contribution in [0.3, 0.4) is 0 Å². The summed E-state index contributed by atoms with van der Waals surface area (Å²) in [5.41, 5.74) is 2.81. The number of aliphatic hydroxyl groups is 1. The number of aryl methyl sites for hydroxylation is 1. The van der Waals surface area contributed by atoms with Crippen molar-refractivity contribution in [3.05, 3.63) is 131 Å². The number of nitrogens with zero attached hydrogens (tertiary/aromatic N) is 1. The van der Waals surface area contributed by atoms with Crippen molar-refractivity contribution in [3.63, 3.8) is 0 Å². The Kier molecular flexibility index (Phi) is 7.78. The summed E-state index contributed by atoms with van der Waals surface area (Å²) in [5.74, 6) is 1.41. The average molecular weight is 562 g/mol. The van der Waals surface area contributed by atoms with Gasteiger partial charge in [0.1, 0.15) is 11.5 Å². The zero-order valence-corrected chi connectivity index (χ0v) is 24.4. The van der Waals surface area contributed by atoms with Gasteiger partial charge in [-0.3, -0.25) is 4.79 Å². The number of benzene rings is 4. The Labute approximate surface area is 248 Å². The average Bonchev–Trinajstić information content (AvgIpc) is 3.52. The first kappa shape index (κ1) is 28.0. The first-order valence-electron chi connectivity index (χ1n) is 14.9. The van der Waals surface area contributed by atoms with Crippen LogP contribution in [0.1, 0.15) is 41.5 Å². The van der Waals surface area contributed by atoms with Crippen LogP contribution in [0, 0.1) is 11.8 Å². The van der Waals surface area contributed by atoms with Gasteiger partial charge in [-0.25, -0.2) is 0 Å². The van der Waals surface area contributed by atoms with Crippen LogP contribution in [-0.2, 0) is 22.2 Å². The van der Waals surface area contributed by atoms with Gasteiger partial charge < -0.3 is 19.5 Å². The van der Waals surface area contributed by atoms with E-state index in [1.807, 2.05) is 53.4 Å². The molecule has 2 aliphatic rings. The zero-order chi connectivity index (χ0) is 29.2. The summed E-state index contributed by atoms with van der Waals surface area (Å²) < 4.78 is 11.3. The molecule has 1 N–H and O–H groups in total. The molecule has 1 heterocycles. The predicted octanol–water partition coefficient (Wildman–Crippen LogP) is 6.38. The maximum absolute atomic E-state index is 13.9. The molecule has 3 atom stereocenters. The van der Waals surface area contributed by atoms with Gasteiger partial charge >= 0.3 is 0 Å². The lowest BCUT2D eigenvalue weighted by atomic mass is 9.52. The number of rotatable bonds is 8. The minimum Gasteiger partial charge on any atom is -0.496 e. The number of carbonyl (C=O) groups is 1. The molecule has 5 nitrogen and oxygen atoms in total. The van der Waals surface area contributed by atoms with Crippen molar-refractivity contribution >= 4 is 5.91 Å². The molecule has 216 valence electrons. The van der Waals surface area contributed by atoms with E-state index in [1.54, 1.807) is 14.2 Å². The Morgan fingerprint density at radius 3 is 1.93 bits per heavy atom. The standard InChI is InChI=1S/C37H39NO4/c1-41-33-19-11-9-13-27(33)21-22-35(39)38-25-31-32(26-38)37(40,30-18-10-12-20-34(30)42-2)24-23-36(31,28-14-5-3-6-15-28)29-16-7-4-8-17-29/h3-20,31-32,40H,21-26H2,1-2H3. The lowest BCUT2D eigenvalue weighted by Gasteiger charge is -2.53. The third kappa shape index (κ3) is 4.76. The smallest absolute Gasteiger partial charge is 0.222 e. The first-order chi connectivity index (χ1) is 20.5. The second-order valence-corrected chi connectivity index (χ2v) is 11.7. The predicted molar refractivity (Wildman–Crippen MR) is 165 cm³/mol. The number of carbonyl (C=O) groups excluding carboxylic acids is 1. The normalized spacial score (nSPS) is 22.8. The van der Waals surface area contributed by atoms with Gasteiger partial charge in [-0.05, 0) is 54.0 Å². The van der Waals surface area contributed by atoms with Gasteiger partial charge in [0.25, 0.3) is 0 Å². The topological polar surface area (TPSA) is 59.0 Å². The first-order valence-corrected chi connectivity index (χ1v) is 14.9. The van der Waals surface area contributed by atoms with Gasteiger partial charge in [0.15, 0.2) is 0 Å². The van der Waals surface area contributed by atoms with E-state index in [9.17, 15) is 9.90 Å². The van der Waals surface area contributed by atoms with Crippen LogP contribution >= 0.6 is 0 Å². The van der Waals surface area contributed by atoms with E-state index in [1.165, 1.54) is 11.1 Å². The maximum atomic E-state index is 13.9. The summed E-state index contributed by atoms with van der Waals surface area (Å²) in [6, 6.07) is 37.0. The largest absolute Gasteiger partial charge is 0.496 e. The Morgan fingerprint density at radius 2 is 1.29 bits per heavy atom. The Bertz CT molecular complexity index is 1480. The number of amides is 1. The highest BCUT2D eigenvalue weighted by atomic mass is 16.5. The van der Waals surface area contributed by atoms with Gasteiger partial charge in [0.2, 0.25) is 5.91 Å². The fraction of sp³-hybridized carbons (Fsp3) is 0.324. The molecule has 1 saturated heterocycles. The van der Waals surface area contributed by atoms with Gasteiger partial charge in [0, 0.05) is 36.4 Å². The van der Waals surface area contributed by atoms with E-state index in [4.69, 9.17) is 9.47 Å².